The van der Waals surface area contributed by atoms with Crippen molar-refractivity contribution in [3.05, 3.63) is 59.8 Å². The van der Waals surface area contributed by atoms with E-state index < -0.39 is 6.10 Å². The fourth-order valence-corrected chi connectivity index (χ4v) is 2.90. The second kappa shape index (κ2) is 7.05. The molecular weight excluding hydrogens is 311 g/mol. The van der Waals surface area contributed by atoms with E-state index in [1.807, 2.05) is 6.92 Å². The van der Waals surface area contributed by atoms with Crippen LogP contribution in [0.2, 0.25) is 0 Å². The molecule has 2 amide bonds. The van der Waals surface area contributed by atoms with E-state index in [2.05, 4.69) is 10.6 Å². The Hall–Kier alpha value is -2.34. The number of rotatable bonds is 6. The van der Waals surface area contributed by atoms with E-state index in [0.717, 1.165) is 6.42 Å². The van der Waals surface area contributed by atoms with Gasteiger partial charge in [0.05, 0.1) is 6.26 Å². The molecule has 0 bridgehead atoms. The number of urea groups is 1. The zero-order chi connectivity index (χ0) is 17.1. The number of nitrogens with one attached hydrogen (secondary N) is 2. The first-order valence-electron chi connectivity index (χ1n) is 8.07. The van der Waals surface area contributed by atoms with E-state index in [1.165, 1.54) is 12.3 Å². The first kappa shape index (κ1) is 16.5. The van der Waals surface area contributed by atoms with E-state index in [0.29, 0.717) is 17.7 Å². The molecular formula is C18H21FN2O3. The van der Waals surface area contributed by atoms with Crippen LogP contribution >= 0.6 is 0 Å². The topological polar surface area (TPSA) is 74.5 Å². The fraction of sp³-hybridized carbons (Fsp3) is 0.389. The largest absolute Gasteiger partial charge is 0.467 e. The molecule has 128 valence electrons. The Bertz CT molecular complexity index is 689. The van der Waals surface area contributed by atoms with E-state index >= 15 is 0 Å². The number of furan rings is 1. The molecule has 1 heterocycles. The van der Waals surface area contributed by atoms with E-state index in [-0.39, 0.29) is 29.8 Å². The molecule has 5 nitrogen and oxygen atoms in total. The molecule has 0 spiro atoms. The van der Waals surface area contributed by atoms with Gasteiger partial charge in [-0.2, -0.15) is 0 Å². The number of hydrogen-bond acceptors (Lipinski definition) is 3. The van der Waals surface area contributed by atoms with E-state index in [9.17, 15) is 14.3 Å². The molecule has 1 fully saturated rings. The minimum Gasteiger partial charge on any atom is -0.467 e. The number of aliphatic hydroxyl groups excluding tert-OH is 1. The molecule has 2 aromatic rings. The highest BCUT2D eigenvalue weighted by atomic mass is 19.1. The van der Waals surface area contributed by atoms with Gasteiger partial charge < -0.3 is 20.2 Å². The molecule has 24 heavy (non-hydrogen) atoms. The highest BCUT2D eigenvalue weighted by Crippen LogP contribution is 2.41. The van der Waals surface area contributed by atoms with E-state index in [1.54, 1.807) is 30.3 Å². The average molecular weight is 332 g/mol. The third-order valence-corrected chi connectivity index (χ3v) is 4.24. The molecule has 0 saturated heterocycles. The van der Waals surface area contributed by atoms with Gasteiger partial charge in [0.15, 0.2) is 0 Å². The van der Waals surface area contributed by atoms with E-state index in [4.69, 9.17) is 4.42 Å². The van der Waals surface area contributed by atoms with Crippen molar-refractivity contribution in [1.82, 2.24) is 10.6 Å². The lowest BCUT2D eigenvalue weighted by Crippen LogP contribution is -2.42. The van der Waals surface area contributed by atoms with Gasteiger partial charge in [0.2, 0.25) is 0 Å². The summed E-state index contributed by atoms with van der Waals surface area (Å²) in [6.45, 7) is 1.81. The van der Waals surface area contributed by atoms with Crippen LogP contribution in [0.15, 0.2) is 47.1 Å². The van der Waals surface area contributed by atoms with Gasteiger partial charge in [-0.25, -0.2) is 9.18 Å². The first-order chi connectivity index (χ1) is 11.5. The Morgan fingerprint density at radius 1 is 1.38 bits per heavy atom. The Morgan fingerprint density at radius 2 is 2.17 bits per heavy atom. The average Bonchev–Trinajstić information content (AvgIpc) is 3.07. The zero-order valence-corrected chi connectivity index (χ0v) is 13.4. The third kappa shape index (κ3) is 3.94. The summed E-state index contributed by atoms with van der Waals surface area (Å²) in [6, 6.07) is 9.46. The van der Waals surface area contributed by atoms with Crippen molar-refractivity contribution in [2.75, 3.05) is 0 Å². The highest BCUT2D eigenvalue weighted by molar-refractivity contribution is 5.75. The molecule has 0 aliphatic heterocycles. The Labute approximate surface area is 139 Å². The molecule has 1 aliphatic rings. The van der Waals surface area contributed by atoms with Crippen molar-refractivity contribution in [3.63, 3.8) is 0 Å². The standard InChI is InChI=1S/C18H21FN2O3/c1-11(9-16(22)17-7-4-8-24-17)20-18(23)21-15-10-13(15)12-5-2-3-6-14(12)19/h2-8,11,13,15-16,22H,9-10H2,1H3,(H2,20,21,23). The van der Waals surface area contributed by atoms with Crippen LogP contribution < -0.4 is 10.6 Å². The maximum atomic E-state index is 13.7. The maximum absolute atomic E-state index is 13.7. The van der Waals surface area contributed by atoms with Crippen molar-refractivity contribution >= 4 is 6.03 Å². The summed E-state index contributed by atoms with van der Waals surface area (Å²) >= 11 is 0. The minimum atomic E-state index is -0.762. The molecule has 1 aromatic carbocycles. The number of amides is 2. The zero-order valence-electron chi connectivity index (χ0n) is 13.4. The van der Waals surface area contributed by atoms with Gasteiger partial charge in [0, 0.05) is 24.4 Å². The minimum absolute atomic E-state index is 0.0287. The van der Waals surface area contributed by atoms with Gasteiger partial charge in [-0.05, 0) is 37.1 Å². The van der Waals surface area contributed by atoms with Gasteiger partial charge >= 0.3 is 6.03 Å². The molecule has 4 unspecified atom stereocenters. The summed E-state index contributed by atoms with van der Waals surface area (Å²) in [5, 5.41) is 15.6. The molecule has 1 aromatic heterocycles. The first-order valence-corrected chi connectivity index (χ1v) is 8.07. The van der Waals surface area contributed by atoms with Crippen LogP contribution in [0.1, 0.15) is 43.1 Å². The number of carbonyl (C=O) groups excluding carboxylic acids is 1. The second-order valence-corrected chi connectivity index (χ2v) is 6.26. The lowest BCUT2D eigenvalue weighted by atomic mass is 10.1. The summed E-state index contributed by atoms with van der Waals surface area (Å²) in [6.07, 6.45) is 1.82. The van der Waals surface area contributed by atoms with Gasteiger partial charge in [-0.3, -0.25) is 0 Å². The molecule has 3 N–H and O–H groups in total. The van der Waals surface area contributed by atoms with Gasteiger partial charge in [0.1, 0.15) is 17.7 Å². The lowest BCUT2D eigenvalue weighted by molar-refractivity contribution is 0.129. The Morgan fingerprint density at radius 3 is 2.88 bits per heavy atom. The summed E-state index contributed by atoms with van der Waals surface area (Å²) in [5.74, 6) is 0.272. The fourth-order valence-electron chi connectivity index (χ4n) is 2.90. The van der Waals surface area contributed by atoms with Crippen LogP contribution in [0, 0.1) is 5.82 Å². The van der Waals surface area contributed by atoms with Crippen LogP contribution in [-0.4, -0.2) is 23.2 Å². The number of aliphatic hydroxyl groups is 1. The van der Waals surface area contributed by atoms with Crippen molar-refractivity contribution in [2.24, 2.45) is 0 Å². The predicted octanol–water partition coefficient (Wildman–Crippen LogP) is 3.09. The van der Waals surface area contributed by atoms with Gasteiger partial charge in [0.25, 0.3) is 0 Å². The number of hydrogen-bond donors (Lipinski definition) is 3. The monoisotopic (exact) mass is 332 g/mol. The van der Waals surface area contributed by atoms with Crippen LogP contribution in [0.25, 0.3) is 0 Å². The SMILES string of the molecule is CC(CC(O)c1ccco1)NC(=O)NC1CC1c1ccccc1F. The molecule has 4 atom stereocenters. The van der Waals surface area contributed by atoms with Crippen LogP contribution in [-0.2, 0) is 0 Å². The van der Waals surface area contributed by atoms with Crippen LogP contribution in [0.5, 0.6) is 0 Å². The number of benzene rings is 1. The normalized spacial score (nSPS) is 21.8. The highest BCUT2D eigenvalue weighted by Gasteiger charge is 2.41. The van der Waals surface area contributed by atoms with Crippen molar-refractivity contribution in [1.29, 1.82) is 0 Å². The molecule has 0 radical (unpaired) electrons. The predicted molar refractivity (Wildman–Crippen MR) is 87.0 cm³/mol. The smallest absolute Gasteiger partial charge is 0.315 e. The second-order valence-electron chi connectivity index (χ2n) is 6.26. The summed E-state index contributed by atoms with van der Waals surface area (Å²) in [4.78, 5) is 12.0. The molecule has 1 saturated carbocycles. The third-order valence-electron chi connectivity index (χ3n) is 4.24. The Kier molecular flexibility index (Phi) is 4.85. The van der Waals surface area contributed by atoms with Crippen LogP contribution in [0.4, 0.5) is 9.18 Å². The quantitative estimate of drug-likeness (QED) is 0.761. The number of halogens is 1. The Balaban J connectivity index is 1.44. The van der Waals surface area contributed by atoms with Gasteiger partial charge in [-0.15, -0.1) is 0 Å². The maximum Gasteiger partial charge on any atom is 0.315 e. The summed E-state index contributed by atoms with van der Waals surface area (Å²) < 4.78 is 18.9. The van der Waals surface area contributed by atoms with Crippen molar-refractivity contribution in [2.45, 2.75) is 43.9 Å². The van der Waals surface area contributed by atoms with Crippen molar-refractivity contribution < 1.29 is 18.7 Å². The molecule has 1 aliphatic carbocycles. The summed E-state index contributed by atoms with van der Waals surface area (Å²) in [5.41, 5.74) is 0.643. The lowest BCUT2D eigenvalue weighted by Gasteiger charge is -2.17. The van der Waals surface area contributed by atoms with Crippen LogP contribution in [0.3, 0.4) is 0 Å². The summed E-state index contributed by atoms with van der Waals surface area (Å²) in [7, 11) is 0. The number of carbonyl (C=O) groups is 1. The van der Waals surface area contributed by atoms with Gasteiger partial charge in [-0.1, -0.05) is 18.2 Å². The van der Waals surface area contributed by atoms with Crippen molar-refractivity contribution in [3.8, 4) is 0 Å². The molecule has 3 rings (SSSR count). The molecule has 6 heteroatoms.